The van der Waals surface area contributed by atoms with Crippen molar-refractivity contribution in [2.75, 3.05) is 19.8 Å². The Balaban J connectivity index is 1.90. The van der Waals surface area contributed by atoms with Crippen molar-refractivity contribution in [3.63, 3.8) is 0 Å². The highest BCUT2D eigenvalue weighted by Crippen LogP contribution is 2.27. The monoisotopic (exact) mass is 295 g/mol. The zero-order valence-electron chi connectivity index (χ0n) is 12.1. The minimum atomic E-state index is -0.172. The molecule has 1 aromatic rings. The van der Waals surface area contributed by atoms with Crippen LogP contribution in [-0.4, -0.2) is 25.8 Å². The zero-order valence-corrected chi connectivity index (χ0v) is 12.9. The maximum absolute atomic E-state index is 13.3. The number of thioether (sulfide) groups is 1. The van der Waals surface area contributed by atoms with Crippen molar-refractivity contribution in [1.82, 2.24) is 10.6 Å². The van der Waals surface area contributed by atoms with E-state index in [0.717, 1.165) is 35.3 Å². The van der Waals surface area contributed by atoms with Gasteiger partial charge in [-0.2, -0.15) is 11.8 Å². The molecule has 0 unspecified atom stereocenters. The molecule has 0 radical (unpaired) electrons. The lowest BCUT2D eigenvalue weighted by atomic mass is 10.1. The van der Waals surface area contributed by atoms with Crippen LogP contribution in [0.3, 0.4) is 0 Å². The average molecular weight is 295 g/mol. The summed E-state index contributed by atoms with van der Waals surface area (Å²) in [5.41, 5.74) is 2.16. The Kier molecular flexibility index (Phi) is 5.71. The van der Waals surface area contributed by atoms with E-state index in [1.54, 1.807) is 24.9 Å². The first-order valence-electron chi connectivity index (χ1n) is 6.93. The minimum Gasteiger partial charge on any atom is -0.356 e. The predicted molar refractivity (Wildman–Crippen MR) is 84.5 cm³/mol. The second-order valence-corrected chi connectivity index (χ2v) is 5.96. The second-order valence-electron chi connectivity index (χ2n) is 5.10. The first kappa shape index (κ1) is 15.2. The Morgan fingerprint density at radius 3 is 2.80 bits per heavy atom. The SMILES string of the molecule is CN=C(NCc1ccc(F)cc1CSC)NCC1CC1. The van der Waals surface area contributed by atoms with E-state index in [0.29, 0.717) is 6.54 Å². The highest BCUT2D eigenvalue weighted by molar-refractivity contribution is 7.97. The minimum absolute atomic E-state index is 0.172. The molecule has 0 aromatic heterocycles. The van der Waals surface area contributed by atoms with Crippen molar-refractivity contribution in [2.45, 2.75) is 25.1 Å². The van der Waals surface area contributed by atoms with Crippen molar-refractivity contribution in [3.05, 3.63) is 35.1 Å². The van der Waals surface area contributed by atoms with Crippen LogP contribution in [0, 0.1) is 11.7 Å². The van der Waals surface area contributed by atoms with Gasteiger partial charge in [0.2, 0.25) is 0 Å². The second kappa shape index (κ2) is 7.53. The van der Waals surface area contributed by atoms with Gasteiger partial charge in [-0.1, -0.05) is 6.07 Å². The summed E-state index contributed by atoms with van der Waals surface area (Å²) in [4.78, 5) is 4.21. The number of aliphatic imine (C=N–C) groups is 1. The van der Waals surface area contributed by atoms with Gasteiger partial charge < -0.3 is 10.6 Å². The first-order valence-corrected chi connectivity index (χ1v) is 8.33. The molecular weight excluding hydrogens is 273 g/mol. The van der Waals surface area contributed by atoms with Crippen LogP contribution >= 0.6 is 11.8 Å². The molecule has 0 spiro atoms. The van der Waals surface area contributed by atoms with Gasteiger partial charge in [0.15, 0.2) is 5.96 Å². The van der Waals surface area contributed by atoms with Gasteiger partial charge in [0.05, 0.1) is 0 Å². The smallest absolute Gasteiger partial charge is 0.191 e. The van der Waals surface area contributed by atoms with Gasteiger partial charge in [0, 0.05) is 25.9 Å². The van der Waals surface area contributed by atoms with Crippen LogP contribution in [0.2, 0.25) is 0 Å². The summed E-state index contributed by atoms with van der Waals surface area (Å²) < 4.78 is 13.3. The summed E-state index contributed by atoms with van der Waals surface area (Å²) >= 11 is 1.70. The topological polar surface area (TPSA) is 36.4 Å². The van der Waals surface area contributed by atoms with Crippen LogP contribution in [0.4, 0.5) is 4.39 Å². The number of guanidine groups is 1. The van der Waals surface area contributed by atoms with Gasteiger partial charge in [-0.3, -0.25) is 4.99 Å². The number of hydrogen-bond donors (Lipinski definition) is 2. The molecule has 0 amide bonds. The van der Waals surface area contributed by atoms with E-state index in [1.165, 1.54) is 18.9 Å². The largest absolute Gasteiger partial charge is 0.356 e. The van der Waals surface area contributed by atoms with E-state index in [-0.39, 0.29) is 5.82 Å². The number of benzene rings is 1. The number of halogens is 1. The van der Waals surface area contributed by atoms with E-state index in [1.807, 2.05) is 12.3 Å². The van der Waals surface area contributed by atoms with Gasteiger partial charge in [0.1, 0.15) is 5.82 Å². The summed E-state index contributed by atoms with van der Waals surface area (Å²) in [6, 6.07) is 4.98. The highest BCUT2D eigenvalue weighted by atomic mass is 32.2. The van der Waals surface area contributed by atoms with Crippen molar-refractivity contribution < 1.29 is 4.39 Å². The van der Waals surface area contributed by atoms with Crippen molar-refractivity contribution in [2.24, 2.45) is 10.9 Å². The van der Waals surface area contributed by atoms with E-state index >= 15 is 0 Å². The Labute approximate surface area is 124 Å². The number of hydrogen-bond acceptors (Lipinski definition) is 2. The molecule has 3 nitrogen and oxygen atoms in total. The third-order valence-electron chi connectivity index (χ3n) is 3.39. The van der Waals surface area contributed by atoms with Crippen molar-refractivity contribution in [3.8, 4) is 0 Å². The molecule has 0 bridgehead atoms. The van der Waals surface area contributed by atoms with E-state index in [9.17, 15) is 4.39 Å². The average Bonchev–Trinajstić information content (AvgIpc) is 3.25. The molecule has 0 aliphatic heterocycles. The normalized spacial score (nSPS) is 15.2. The van der Waals surface area contributed by atoms with Gasteiger partial charge in [-0.05, 0) is 48.3 Å². The first-order chi connectivity index (χ1) is 9.72. The summed E-state index contributed by atoms with van der Waals surface area (Å²) in [5.74, 6) is 2.28. The quantitative estimate of drug-likeness (QED) is 0.626. The molecule has 0 saturated heterocycles. The lowest BCUT2D eigenvalue weighted by Crippen LogP contribution is -2.38. The summed E-state index contributed by atoms with van der Waals surface area (Å²) in [6.45, 7) is 1.65. The molecular formula is C15H22FN3S. The zero-order chi connectivity index (χ0) is 14.4. The molecule has 1 aromatic carbocycles. The van der Waals surface area contributed by atoms with Crippen LogP contribution in [0.1, 0.15) is 24.0 Å². The molecule has 110 valence electrons. The van der Waals surface area contributed by atoms with Crippen LogP contribution in [0.15, 0.2) is 23.2 Å². The maximum atomic E-state index is 13.3. The molecule has 0 heterocycles. The fraction of sp³-hybridized carbons (Fsp3) is 0.533. The Bertz CT molecular complexity index is 472. The van der Waals surface area contributed by atoms with Gasteiger partial charge >= 0.3 is 0 Å². The molecule has 1 saturated carbocycles. The molecule has 0 atom stereocenters. The molecule has 2 N–H and O–H groups in total. The van der Waals surface area contributed by atoms with E-state index in [4.69, 9.17) is 0 Å². The van der Waals surface area contributed by atoms with Gasteiger partial charge in [-0.25, -0.2) is 4.39 Å². The summed E-state index contributed by atoms with van der Waals surface area (Å²) in [5, 5.41) is 6.62. The van der Waals surface area contributed by atoms with Crippen LogP contribution in [0.25, 0.3) is 0 Å². The van der Waals surface area contributed by atoms with Crippen molar-refractivity contribution in [1.29, 1.82) is 0 Å². The molecule has 20 heavy (non-hydrogen) atoms. The van der Waals surface area contributed by atoms with E-state index in [2.05, 4.69) is 15.6 Å². The highest BCUT2D eigenvalue weighted by Gasteiger charge is 2.21. The van der Waals surface area contributed by atoms with Crippen LogP contribution < -0.4 is 10.6 Å². The lowest BCUT2D eigenvalue weighted by Gasteiger charge is -2.14. The molecule has 1 aliphatic carbocycles. The summed E-state index contributed by atoms with van der Waals surface area (Å²) in [6.07, 6.45) is 4.66. The molecule has 2 rings (SSSR count). The number of nitrogens with one attached hydrogen (secondary N) is 2. The Morgan fingerprint density at radius 1 is 1.35 bits per heavy atom. The third kappa shape index (κ3) is 4.71. The van der Waals surface area contributed by atoms with Gasteiger partial charge in [0.25, 0.3) is 0 Å². The fourth-order valence-corrected chi connectivity index (χ4v) is 2.60. The lowest BCUT2D eigenvalue weighted by molar-refractivity contribution is 0.625. The fourth-order valence-electron chi connectivity index (χ4n) is 2.02. The van der Waals surface area contributed by atoms with E-state index < -0.39 is 0 Å². The summed E-state index contributed by atoms with van der Waals surface area (Å²) in [7, 11) is 1.77. The van der Waals surface area contributed by atoms with Crippen molar-refractivity contribution >= 4 is 17.7 Å². The van der Waals surface area contributed by atoms with Gasteiger partial charge in [-0.15, -0.1) is 0 Å². The predicted octanol–water partition coefficient (Wildman–Crippen LogP) is 2.76. The maximum Gasteiger partial charge on any atom is 0.191 e. The van der Waals surface area contributed by atoms with Crippen LogP contribution in [-0.2, 0) is 12.3 Å². The number of rotatable bonds is 6. The number of nitrogens with zero attached hydrogens (tertiary/aromatic N) is 1. The molecule has 1 fully saturated rings. The molecule has 5 heteroatoms. The standard InChI is InChI=1S/C15H22FN3S/c1-17-15(18-8-11-3-4-11)19-9-12-5-6-14(16)7-13(12)10-20-2/h5-7,11H,3-4,8-10H2,1-2H3,(H2,17,18,19). The Hall–Kier alpha value is -1.23. The van der Waals surface area contributed by atoms with Crippen LogP contribution in [0.5, 0.6) is 0 Å². The Morgan fingerprint density at radius 2 is 2.15 bits per heavy atom. The third-order valence-corrected chi connectivity index (χ3v) is 3.99. The molecule has 1 aliphatic rings.